The average molecular weight is 398 g/mol. The summed E-state index contributed by atoms with van der Waals surface area (Å²) < 4.78 is 0. The number of carbonyl (C=O) groups excluding carboxylic acids is 1. The first-order valence-electron chi connectivity index (χ1n) is 9.84. The van der Waals surface area contributed by atoms with Gasteiger partial charge in [0.25, 0.3) is 0 Å². The minimum atomic E-state index is 0.0991. The summed E-state index contributed by atoms with van der Waals surface area (Å²) in [5.41, 5.74) is 3.14. The highest BCUT2D eigenvalue weighted by Gasteiger charge is 2.21. The molecule has 1 N–H and O–H groups in total. The van der Waals surface area contributed by atoms with E-state index in [9.17, 15) is 4.79 Å². The fourth-order valence-corrected chi connectivity index (χ4v) is 3.46. The van der Waals surface area contributed by atoms with Crippen LogP contribution in [0.3, 0.4) is 0 Å². The molecule has 3 aromatic rings. The molecule has 2 heterocycles. The molecule has 4 rings (SSSR count). The third kappa shape index (κ3) is 4.39. The number of amides is 1. The molecule has 0 aliphatic carbocycles. The lowest BCUT2D eigenvalue weighted by Gasteiger charge is -2.35. The number of nitriles is 1. The van der Waals surface area contributed by atoms with Crippen LogP contribution < -0.4 is 10.2 Å². The Hall–Kier alpha value is -3.92. The molecule has 150 valence electrons. The van der Waals surface area contributed by atoms with Gasteiger partial charge in [-0.1, -0.05) is 36.4 Å². The van der Waals surface area contributed by atoms with E-state index in [1.807, 2.05) is 53.4 Å². The first kappa shape index (κ1) is 19.4. The van der Waals surface area contributed by atoms with Crippen molar-refractivity contribution in [3.05, 3.63) is 66.2 Å². The SMILES string of the molecule is CC(=O)N1CCN(c2cc(-c3ccccc3)nc(Nc3cccc(C#N)c3)n2)CC1. The highest BCUT2D eigenvalue weighted by molar-refractivity contribution is 5.73. The van der Waals surface area contributed by atoms with E-state index < -0.39 is 0 Å². The number of nitrogens with one attached hydrogen (secondary N) is 1. The maximum atomic E-state index is 11.6. The van der Waals surface area contributed by atoms with E-state index in [1.165, 1.54) is 0 Å². The van der Waals surface area contributed by atoms with E-state index in [2.05, 4.69) is 16.3 Å². The number of piperazine rings is 1. The van der Waals surface area contributed by atoms with Crippen LogP contribution in [0, 0.1) is 11.3 Å². The largest absolute Gasteiger partial charge is 0.353 e. The van der Waals surface area contributed by atoms with Crippen LogP contribution in [-0.4, -0.2) is 47.0 Å². The van der Waals surface area contributed by atoms with Crippen molar-refractivity contribution >= 4 is 23.4 Å². The van der Waals surface area contributed by atoms with Crippen molar-refractivity contribution in [2.75, 3.05) is 36.4 Å². The Balaban J connectivity index is 1.66. The van der Waals surface area contributed by atoms with Gasteiger partial charge < -0.3 is 15.1 Å². The van der Waals surface area contributed by atoms with Gasteiger partial charge in [-0.2, -0.15) is 10.2 Å². The maximum Gasteiger partial charge on any atom is 0.229 e. The first-order valence-corrected chi connectivity index (χ1v) is 9.84. The number of nitrogens with zero attached hydrogens (tertiary/aromatic N) is 5. The second-order valence-corrected chi connectivity index (χ2v) is 7.11. The Morgan fingerprint density at radius 2 is 1.77 bits per heavy atom. The van der Waals surface area contributed by atoms with Crippen LogP contribution in [0.25, 0.3) is 11.3 Å². The summed E-state index contributed by atoms with van der Waals surface area (Å²) in [6, 6.07) is 21.3. The number of rotatable bonds is 4. The summed E-state index contributed by atoms with van der Waals surface area (Å²) in [6.45, 7) is 4.38. The number of aromatic nitrogens is 2. The molecule has 0 spiro atoms. The van der Waals surface area contributed by atoms with Crippen molar-refractivity contribution in [3.8, 4) is 17.3 Å². The predicted octanol–water partition coefficient (Wildman–Crippen LogP) is 3.43. The van der Waals surface area contributed by atoms with E-state index >= 15 is 0 Å². The quantitative estimate of drug-likeness (QED) is 0.725. The second-order valence-electron chi connectivity index (χ2n) is 7.11. The molecular formula is C23H22N6O. The van der Waals surface area contributed by atoms with Crippen LogP contribution in [0.2, 0.25) is 0 Å². The van der Waals surface area contributed by atoms with Crippen molar-refractivity contribution < 1.29 is 4.79 Å². The molecule has 2 aromatic carbocycles. The van der Waals surface area contributed by atoms with Gasteiger partial charge in [0.05, 0.1) is 17.3 Å². The fourth-order valence-electron chi connectivity index (χ4n) is 3.46. The standard InChI is InChI=1S/C23H22N6O/c1-17(30)28-10-12-29(13-11-28)22-15-21(19-7-3-2-4-8-19)26-23(27-22)25-20-9-5-6-18(14-20)16-24/h2-9,14-15H,10-13H2,1H3,(H,25,26,27). The van der Waals surface area contributed by atoms with Crippen LogP contribution in [0.1, 0.15) is 12.5 Å². The highest BCUT2D eigenvalue weighted by atomic mass is 16.2. The molecule has 1 saturated heterocycles. The Labute approximate surface area is 175 Å². The van der Waals surface area contributed by atoms with Crippen LogP contribution in [0.15, 0.2) is 60.7 Å². The van der Waals surface area contributed by atoms with Crippen LogP contribution in [0.4, 0.5) is 17.5 Å². The molecule has 0 saturated carbocycles. The third-order valence-corrected chi connectivity index (χ3v) is 5.08. The van der Waals surface area contributed by atoms with Crippen molar-refractivity contribution in [2.24, 2.45) is 0 Å². The van der Waals surface area contributed by atoms with Crippen molar-refractivity contribution in [2.45, 2.75) is 6.92 Å². The minimum Gasteiger partial charge on any atom is -0.353 e. The molecule has 30 heavy (non-hydrogen) atoms. The lowest BCUT2D eigenvalue weighted by molar-refractivity contribution is -0.129. The molecule has 0 bridgehead atoms. The van der Waals surface area contributed by atoms with Gasteiger partial charge in [-0.15, -0.1) is 0 Å². The van der Waals surface area contributed by atoms with Gasteiger partial charge in [0.2, 0.25) is 11.9 Å². The maximum absolute atomic E-state index is 11.6. The summed E-state index contributed by atoms with van der Waals surface area (Å²) in [4.78, 5) is 25.1. The Morgan fingerprint density at radius 1 is 1.00 bits per heavy atom. The molecule has 0 radical (unpaired) electrons. The van der Waals surface area contributed by atoms with Crippen molar-refractivity contribution in [1.29, 1.82) is 5.26 Å². The van der Waals surface area contributed by atoms with Gasteiger partial charge in [0.1, 0.15) is 5.82 Å². The smallest absolute Gasteiger partial charge is 0.229 e. The van der Waals surface area contributed by atoms with Crippen LogP contribution >= 0.6 is 0 Å². The zero-order chi connectivity index (χ0) is 20.9. The molecule has 0 unspecified atom stereocenters. The normalized spacial score (nSPS) is 13.6. The topological polar surface area (TPSA) is 85.2 Å². The number of hydrogen-bond donors (Lipinski definition) is 1. The second kappa shape index (κ2) is 8.62. The number of benzene rings is 2. The number of hydrogen-bond acceptors (Lipinski definition) is 6. The molecule has 1 fully saturated rings. The van der Waals surface area contributed by atoms with Gasteiger partial charge in [-0.3, -0.25) is 4.79 Å². The highest BCUT2D eigenvalue weighted by Crippen LogP contribution is 2.26. The zero-order valence-corrected chi connectivity index (χ0v) is 16.7. The molecular weight excluding hydrogens is 376 g/mol. The van der Waals surface area contributed by atoms with E-state index in [0.717, 1.165) is 22.8 Å². The van der Waals surface area contributed by atoms with Gasteiger partial charge >= 0.3 is 0 Å². The molecule has 7 heteroatoms. The molecule has 7 nitrogen and oxygen atoms in total. The molecule has 1 amide bonds. The van der Waals surface area contributed by atoms with Crippen molar-refractivity contribution in [1.82, 2.24) is 14.9 Å². The summed E-state index contributed by atoms with van der Waals surface area (Å²) in [5.74, 6) is 1.38. The first-order chi connectivity index (χ1) is 14.6. The third-order valence-electron chi connectivity index (χ3n) is 5.08. The summed E-state index contributed by atoms with van der Waals surface area (Å²) in [5, 5.41) is 12.4. The van der Waals surface area contributed by atoms with E-state index in [-0.39, 0.29) is 5.91 Å². The summed E-state index contributed by atoms with van der Waals surface area (Å²) in [7, 11) is 0. The van der Waals surface area contributed by atoms with Gasteiger partial charge in [-0.05, 0) is 18.2 Å². The molecule has 0 atom stereocenters. The Kier molecular flexibility index (Phi) is 5.57. The van der Waals surface area contributed by atoms with Crippen LogP contribution in [0.5, 0.6) is 0 Å². The van der Waals surface area contributed by atoms with Crippen LogP contribution in [-0.2, 0) is 4.79 Å². The number of carbonyl (C=O) groups is 1. The van der Waals surface area contributed by atoms with E-state index in [4.69, 9.17) is 15.2 Å². The lowest BCUT2D eigenvalue weighted by Crippen LogP contribution is -2.48. The fraction of sp³-hybridized carbons (Fsp3) is 0.217. The van der Waals surface area contributed by atoms with Gasteiger partial charge in [0, 0.05) is 50.4 Å². The Bertz CT molecular complexity index is 1080. The monoisotopic (exact) mass is 398 g/mol. The van der Waals surface area contributed by atoms with Gasteiger partial charge in [0.15, 0.2) is 0 Å². The number of anilines is 3. The lowest BCUT2D eigenvalue weighted by atomic mass is 10.1. The average Bonchev–Trinajstić information content (AvgIpc) is 2.79. The van der Waals surface area contributed by atoms with Crippen molar-refractivity contribution in [3.63, 3.8) is 0 Å². The molecule has 1 aromatic heterocycles. The predicted molar refractivity (Wildman–Crippen MR) is 116 cm³/mol. The zero-order valence-electron chi connectivity index (χ0n) is 16.7. The molecule has 1 aliphatic heterocycles. The summed E-state index contributed by atoms with van der Waals surface area (Å²) >= 11 is 0. The van der Waals surface area contributed by atoms with Gasteiger partial charge in [-0.25, -0.2) is 4.98 Å². The van der Waals surface area contributed by atoms with E-state index in [0.29, 0.717) is 37.7 Å². The minimum absolute atomic E-state index is 0.0991. The van der Waals surface area contributed by atoms with E-state index in [1.54, 1.807) is 19.1 Å². The molecule has 1 aliphatic rings. The Morgan fingerprint density at radius 3 is 2.47 bits per heavy atom. The summed E-state index contributed by atoms with van der Waals surface area (Å²) in [6.07, 6.45) is 0.